The van der Waals surface area contributed by atoms with E-state index in [1.807, 2.05) is 35.2 Å². The number of carbonyl (C=O) groups excluding carboxylic acids is 1. The van der Waals surface area contributed by atoms with Crippen molar-refractivity contribution in [3.63, 3.8) is 0 Å². The smallest absolute Gasteiger partial charge is 0.254 e. The summed E-state index contributed by atoms with van der Waals surface area (Å²) in [7, 11) is 1.72. The highest BCUT2D eigenvalue weighted by molar-refractivity contribution is 5.82. The van der Waals surface area contributed by atoms with Crippen molar-refractivity contribution in [2.45, 2.75) is 37.6 Å². The molecule has 8 heteroatoms. The molecule has 0 aromatic heterocycles. The van der Waals surface area contributed by atoms with Crippen molar-refractivity contribution < 1.29 is 19.4 Å². The maximum Gasteiger partial charge on any atom is 0.254 e. The lowest BCUT2D eigenvalue weighted by atomic mass is 9.98. The fraction of sp³-hybridized carbons (Fsp3) is 0.552. The van der Waals surface area contributed by atoms with Gasteiger partial charge in [0.25, 0.3) is 5.91 Å². The highest BCUT2D eigenvalue weighted by Gasteiger charge is 2.38. The van der Waals surface area contributed by atoms with Crippen molar-refractivity contribution in [1.29, 1.82) is 0 Å². The van der Waals surface area contributed by atoms with E-state index in [0.717, 1.165) is 70.1 Å². The minimum atomic E-state index is -0.746. The van der Waals surface area contributed by atoms with Crippen LogP contribution in [0, 0.1) is 0 Å². The third-order valence-corrected chi connectivity index (χ3v) is 7.99. The molecule has 3 aliphatic heterocycles. The second-order valence-electron chi connectivity index (χ2n) is 10.3. The second-order valence-corrected chi connectivity index (χ2v) is 10.3. The van der Waals surface area contributed by atoms with Gasteiger partial charge in [-0.1, -0.05) is 30.3 Å². The molecule has 1 amide bonds. The molecule has 3 atom stereocenters. The van der Waals surface area contributed by atoms with Crippen LogP contribution in [0.3, 0.4) is 0 Å². The molecular weight excluding hydrogens is 468 g/mol. The predicted molar refractivity (Wildman–Crippen MR) is 145 cm³/mol. The summed E-state index contributed by atoms with van der Waals surface area (Å²) in [6, 6.07) is 18.5. The summed E-state index contributed by atoms with van der Waals surface area (Å²) in [5.41, 5.74) is 2.34. The number of methoxy groups -OCH3 is 1. The molecule has 3 heterocycles. The number of ether oxygens (including phenoxy) is 2. The minimum absolute atomic E-state index is 0.00945. The molecule has 3 fully saturated rings. The standard InChI is InChI=1S/C29H40N4O4/c1-36-27-10-6-5-9-25(27)32-17-15-30(16-18-32)14-13-24-11-12-26(34)28(37-24)29(35)33-21-19-31(20-22-33)23-7-3-2-4-8-23/h2-10,24,26,28,34H,11-22H2,1H3. The molecule has 3 aliphatic rings. The van der Waals surface area contributed by atoms with Crippen LogP contribution in [0.15, 0.2) is 54.6 Å². The summed E-state index contributed by atoms with van der Waals surface area (Å²) in [6.45, 7) is 7.73. The maximum atomic E-state index is 13.3. The Kier molecular flexibility index (Phi) is 8.48. The molecule has 2 aromatic rings. The van der Waals surface area contributed by atoms with Gasteiger partial charge in [-0.05, 0) is 43.5 Å². The van der Waals surface area contributed by atoms with E-state index >= 15 is 0 Å². The first kappa shape index (κ1) is 25.8. The zero-order valence-corrected chi connectivity index (χ0v) is 21.9. The molecule has 8 nitrogen and oxygen atoms in total. The number of anilines is 2. The number of rotatable bonds is 7. The van der Waals surface area contributed by atoms with Crippen LogP contribution in [0.2, 0.25) is 0 Å². The first-order chi connectivity index (χ1) is 18.1. The number of amides is 1. The van der Waals surface area contributed by atoms with E-state index in [-0.39, 0.29) is 12.0 Å². The molecule has 0 bridgehead atoms. The van der Waals surface area contributed by atoms with Crippen molar-refractivity contribution in [1.82, 2.24) is 9.80 Å². The maximum absolute atomic E-state index is 13.3. The number of piperazine rings is 2. The monoisotopic (exact) mass is 508 g/mol. The van der Waals surface area contributed by atoms with E-state index in [0.29, 0.717) is 19.5 Å². The van der Waals surface area contributed by atoms with E-state index in [1.54, 1.807) is 7.11 Å². The molecule has 200 valence electrons. The van der Waals surface area contributed by atoms with Gasteiger partial charge in [0.15, 0.2) is 6.10 Å². The molecular formula is C29H40N4O4. The van der Waals surface area contributed by atoms with Crippen LogP contribution < -0.4 is 14.5 Å². The topological polar surface area (TPSA) is 68.7 Å². The van der Waals surface area contributed by atoms with Gasteiger partial charge in [-0.15, -0.1) is 0 Å². The zero-order chi connectivity index (χ0) is 25.6. The Morgan fingerprint density at radius 2 is 1.57 bits per heavy atom. The lowest BCUT2D eigenvalue weighted by molar-refractivity contribution is -0.168. The SMILES string of the molecule is COc1ccccc1N1CCN(CCC2CCC(O)C(C(=O)N3CCN(c4ccccc4)CC3)O2)CC1. The largest absolute Gasteiger partial charge is 0.495 e. The highest BCUT2D eigenvalue weighted by Crippen LogP contribution is 2.29. The number of carbonyl (C=O) groups is 1. The summed E-state index contributed by atoms with van der Waals surface area (Å²) < 4.78 is 11.8. The molecule has 5 rings (SSSR count). The third-order valence-electron chi connectivity index (χ3n) is 7.99. The van der Waals surface area contributed by atoms with Gasteiger partial charge in [0.1, 0.15) is 5.75 Å². The van der Waals surface area contributed by atoms with Gasteiger partial charge < -0.3 is 29.3 Å². The fourth-order valence-corrected chi connectivity index (χ4v) is 5.74. The van der Waals surface area contributed by atoms with E-state index in [9.17, 15) is 9.90 Å². The van der Waals surface area contributed by atoms with Crippen molar-refractivity contribution in [3.8, 4) is 5.75 Å². The van der Waals surface area contributed by atoms with Crippen molar-refractivity contribution in [2.24, 2.45) is 0 Å². The zero-order valence-electron chi connectivity index (χ0n) is 21.9. The van der Waals surface area contributed by atoms with Crippen molar-refractivity contribution in [3.05, 3.63) is 54.6 Å². The van der Waals surface area contributed by atoms with Gasteiger partial charge in [-0.2, -0.15) is 0 Å². The number of aliphatic hydroxyl groups is 1. The number of hydrogen-bond donors (Lipinski definition) is 1. The predicted octanol–water partition coefficient (Wildman–Crippen LogP) is 2.46. The van der Waals surface area contributed by atoms with Gasteiger partial charge in [0.2, 0.25) is 0 Å². The summed E-state index contributed by atoms with van der Waals surface area (Å²) in [5.74, 6) is 0.859. The van der Waals surface area contributed by atoms with E-state index in [1.165, 1.54) is 5.69 Å². The summed E-state index contributed by atoms with van der Waals surface area (Å²) in [4.78, 5) is 22.3. The molecule has 37 heavy (non-hydrogen) atoms. The number of benzene rings is 2. The average molecular weight is 509 g/mol. The Morgan fingerprint density at radius 1 is 0.892 bits per heavy atom. The van der Waals surface area contributed by atoms with Crippen LogP contribution >= 0.6 is 0 Å². The molecule has 1 N–H and O–H groups in total. The molecule has 0 radical (unpaired) electrons. The van der Waals surface area contributed by atoms with Gasteiger partial charge in [-0.3, -0.25) is 9.69 Å². The lowest BCUT2D eigenvalue weighted by Crippen LogP contribution is -2.56. The highest BCUT2D eigenvalue weighted by atomic mass is 16.5. The summed E-state index contributed by atoms with van der Waals surface area (Å²) >= 11 is 0. The molecule has 2 aromatic carbocycles. The number of aliphatic hydroxyl groups excluding tert-OH is 1. The molecule has 0 aliphatic carbocycles. The Morgan fingerprint density at radius 3 is 2.30 bits per heavy atom. The van der Waals surface area contributed by atoms with Gasteiger partial charge >= 0.3 is 0 Å². The van der Waals surface area contributed by atoms with Crippen LogP contribution in [0.4, 0.5) is 11.4 Å². The van der Waals surface area contributed by atoms with E-state index < -0.39 is 12.2 Å². The quantitative estimate of drug-likeness (QED) is 0.616. The number of nitrogens with zero attached hydrogens (tertiary/aromatic N) is 4. The van der Waals surface area contributed by atoms with Crippen LogP contribution in [-0.2, 0) is 9.53 Å². The van der Waals surface area contributed by atoms with Crippen LogP contribution in [0.25, 0.3) is 0 Å². The normalized spacial score (nSPS) is 25.2. The molecule has 3 unspecified atom stereocenters. The van der Waals surface area contributed by atoms with Crippen molar-refractivity contribution in [2.75, 3.05) is 75.8 Å². The average Bonchev–Trinajstić information content (AvgIpc) is 2.97. The van der Waals surface area contributed by atoms with E-state index in [2.05, 4.69) is 39.0 Å². The van der Waals surface area contributed by atoms with Crippen LogP contribution in [-0.4, -0.2) is 105 Å². The Hall–Kier alpha value is -2.81. The van der Waals surface area contributed by atoms with Crippen LogP contribution in [0.5, 0.6) is 5.75 Å². The molecule has 3 saturated heterocycles. The second kappa shape index (κ2) is 12.2. The Balaban J connectivity index is 1.07. The minimum Gasteiger partial charge on any atom is -0.495 e. The van der Waals surface area contributed by atoms with E-state index in [4.69, 9.17) is 9.47 Å². The first-order valence-electron chi connectivity index (χ1n) is 13.6. The summed E-state index contributed by atoms with van der Waals surface area (Å²) in [5, 5.41) is 10.6. The Bertz CT molecular complexity index is 1010. The van der Waals surface area contributed by atoms with Crippen molar-refractivity contribution >= 4 is 17.3 Å². The molecule has 0 saturated carbocycles. The summed E-state index contributed by atoms with van der Waals surface area (Å²) in [6.07, 6.45) is 0.841. The number of hydrogen-bond acceptors (Lipinski definition) is 7. The number of para-hydroxylation sites is 3. The van der Waals surface area contributed by atoms with Gasteiger partial charge in [0.05, 0.1) is 25.0 Å². The Labute approximate surface area is 220 Å². The van der Waals surface area contributed by atoms with Gasteiger partial charge in [0, 0.05) is 64.6 Å². The third kappa shape index (κ3) is 6.20. The van der Waals surface area contributed by atoms with Crippen LogP contribution in [0.1, 0.15) is 19.3 Å². The molecule has 0 spiro atoms. The fourth-order valence-electron chi connectivity index (χ4n) is 5.74. The first-order valence-corrected chi connectivity index (χ1v) is 13.6. The lowest BCUT2D eigenvalue weighted by Gasteiger charge is -2.41. The van der Waals surface area contributed by atoms with Gasteiger partial charge in [-0.25, -0.2) is 0 Å².